The molecule has 2 aromatic carbocycles. The summed E-state index contributed by atoms with van der Waals surface area (Å²) in [5.74, 6) is 0.289. The van der Waals surface area contributed by atoms with Crippen LogP contribution in [0.3, 0.4) is 0 Å². The molecule has 1 saturated heterocycles. The Balaban J connectivity index is 1.42. The summed E-state index contributed by atoms with van der Waals surface area (Å²) in [6, 6.07) is 11.8. The number of aromatic hydroxyl groups is 1. The molecule has 1 aliphatic carbocycles. The van der Waals surface area contributed by atoms with Gasteiger partial charge in [-0.15, -0.1) is 0 Å². The largest absolute Gasteiger partial charge is 0.508 e. The maximum Gasteiger partial charge on any atom is 0.254 e. The molecule has 34 heavy (non-hydrogen) atoms. The lowest BCUT2D eigenvalue weighted by molar-refractivity contribution is 0.0704. The van der Waals surface area contributed by atoms with Crippen LogP contribution < -0.4 is 16.5 Å². The minimum absolute atomic E-state index is 0.0566. The van der Waals surface area contributed by atoms with Crippen LogP contribution in [0, 0.1) is 6.92 Å². The number of hydrogen-bond acceptors (Lipinski definition) is 6. The third-order valence-corrected chi connectivity index (χ3v) is 6.66. The van der Waals surface area contributed by atoms with Crippen LogP contribution in [0.25, 0.3) is 0 Å². The molecule has 7 heteroatoms. The second-order valence-corrected chi connectivity index (χ2v) is 9.47. The Kier molecular flexibility index (Phi) is 7.22. The fraction of sp³-hybridized carbons (Fsp3) is 0.407. The van der Waals surface area contributed by atoms with Crippen molar-refractivity contribution in [1.82, 2.24) is 15.6 Å². The van der Waals surface area contributed by atoms with Crippen molar-refractivity contribution in [3.8, 4) is 5.75 Å². The van der Waals surface area contributed by atoms with Gasteiger partial charge in [-0.3, -0.25) is 10.2 Å². The van der Waals surface area contributed by atoms with E-state index in [1.807, 2.05) is 36.9 Å². The van der Waals surface area contributed by atoms with E-state index in [2.05, 4.69) is 22.4 Å². The molecule has 2 fully saturated rings. The second-order valence-electron chi connectivity index (χ2n) is 9.47. The average molecular weight is 462 g/mol. The number of nitrogens with zero attached hydrogens (tertiary/aromatic N) is 2. The third-order valence-electron chi connectivity index (χ3n) is 6.66. The van der Waals surface area contributed by atoms with Gasteiger partial charge in [0.1, 0.15) is 5.75 Å². The number of nitrogens with two attached hydrogens (primary N) is 1. The second kappa shape index (κ2) is 10.3. The maximum atomic E-state index is 13.3. The molecule has 2 aromatic rings. The first kappa shape index (κ1) is 23.8. The molecule has 0 spiro atoms. The smallest absolute Gasteiger partial charge is 0.254 e. The van der Waals surface area contributed by atoms with Gasteiger partial charge in [-0.05, 0) is 74.9 Å². The molecular weight excluding hydrogens is 426 g/mol. The van der Waals surface area contributed by atoms with Crippen molar-refractivity contribution in [2.24, 2.45) is 5.10 Å². The SMILES string of the molecule is C=C(Cc1ccc(O)cc1)N/N=C(\C)c1c(N)ccc(C(=O)N2CCC(NC3CC3)CC2)c1C. The van der Waals surface area contributed by atoms with E-state index in [1.54, 1.807) is 18.2 Å². The summed E-state index contributed by atoms with van der Waals surface area (Å²) in [5, 5.41) is 17.6. The molecule has 0 radical (unpaired) electrons. The quantitative estimate of drug-likeness (QED) is 0.273. The van der Waals surface area contributed by atoms with E-state index in [9.17, 15) is 9.90 Å². The van der Waals surface area contributed by atoms with Gasteiger partial charge in [0.05, 0.1) is 5.71 Å². The van der Waals surface area contributed by atoms with Crippen molar-refractivity contribution in [1.29, 1.82) is 0 Å². The van der Waals surface area contributed by atoms with Crippen LogP contribution in [0.4, 0.5) is 5.69 Å². The van der Waals surface area contributed by atoms with Gasteiger partial charge in [0.15, 0.2) is 0 Å². The van der Waals surface area contributed by atoms with Crippen LogP contribution in [0.2, 0.25) is 0 Å². The summed E-state index contributed by atoms with van der Waals surface area (Å²) < 4.78 is 0. The predicted molar refractivity (Wildman–Crippen MR) is 137 cm³/mol. The van der Waals surface area contributed by atoms with E-state index >= 15 is 0 Å². The van der Waals surface area contributed by atoms with E-state index in [0.717, 1.165) is 48.3 Å². The zero-order chi connectivity index (χ0) is 24.2. The fourth-order valence-corrected chi connectivity index (χ4v) is 4.57. The molecule has 1 amide bonds. The van der Waals surface area contributed by atoms with Crippen molar-refractivity contribution < 1.29 is 9.90 Å². The number of nitrogen functional groups attached to an aromatic ring is 1. The highest BCUT2D eigenvalue weighted by Crippen LogP contribution is 2.26. The lowest BCUT2D eigenvalue weighted by atomic mass is 9.95. The summed E-state index contributed by atoms with van der Waals surface area (Å²) in [5.41, 5.74) is 14.6. The van der Waals surface area contributed by atoms with Crippen molar-refractivity contribution in [2.45, 2.75) is 58.0 Å². The molecule has 0 bridgehead atoms. The van der Waals surface area contributed by atoms with Crippen LogP contribution in [0.1, 0.15) is 59.7 Å². The van der Waals surface area contributed by atoms with Crippen molar-refractivity contribution >= 4 is 17.3 Å². The fourth-order valence-electron chi connectivity index (χ4n) is 4.57. The Labute approximate surface area is 201 Å². The van der Waals surface area contributed by atoms with Gasteiger partial charge in [-0.2, -0.15) is 5.10 Å². The number of hydrazone groups is 1. The van der Waals surface area contributed by atoms with E-state index in [4.69, 9.17) is 5.73 Å². The number of phenolic OH excluding ortho intramolecular Hbond substituents is 1. The van der Waals surface area contributed by atoms with Gasteiger partial charge in [-0.1, -0.05) is 18.7 Å². The van der Waals surface area contributed by atoms with Crippen LogP contribution in [0.15, 0.2) is 53.8 Å². The minimum Gasteiger partial charge on any atom is -0.508 e. The lowest BCUT2D eigenvalue weighted by Gasteiger charge is -2.33. The number of nitrogens with one attached hydrogen (secondary N) is 2. The monoisotopic (exact) mass is 461 g/mol. The molecule has 7 nitrogen and oxygen atoms in total. The number of hydrogen-bond donors (Lipinski definition) is 4. The van der Waals surface area contributed by atoms with Gasteiger partial charge < -0.3 is 21.1 Å². The zero-order valence-corrected chi connectivity index (χ0v) is 20.1. The molecular formula is C27H35N5O2. The molecule has 2 aliphatic rings. The number of amides is 1. The Hall–Kier alpha value is -3.32. The third kappa shape index (κ3) is 5.78. The Bertz CT molecular complexity index is 1080. The Morgan fingerprint density at radius 1 is 1.12 bits per heavy atom. The lowest BCUT2D eigenvalue weighted by Crippen LogP contribution is -2.45. The first-order valence-corrected chi connectivity index (χ1v) is 12.0. The van der Waals surface area contributed by atoms with Gasteiger partial charge in [0, 0.05) is 54.1 Å². The first-order chi connectivity index (χ1) is 16.3. The number of phenols is 1. The Morgan fingerprint density at radius 2 is 1.76 bits per heavy atom. The number of carbonyl (C=O) groups excluding carboxylic acids is 1. The van der Waals surface area contributed by atoms with E-state index in [1.165, 1.54) is 12.8 Å². The number of likely N-dealkylation sites (tertiary alicyclic amines) is 1. The van der Waals surface area contributed by atoms with E-state index in [-0.39, 0.29) is 11.7 Å². The first-order valence-electron chi connectivity index (χ1n) is 12.0. The van der Waals surface area contributed by atoms with Crippen molar-refractivity contribution in [2.75, 3.05) is 18.8 Å². The number of carbonyl (C=O) groups is 1. The summed E-state index contributed by atoms with van der Waals surface area (Å²) in [6.07, 6.45) is 5.14. The van der Waals surface area contributed by atoms with Gasteiger partial charge in [0.25, 0.3) is 5.91 Å². The summed E-state index contributed by atoms with van der Waals surface area (Å²) in [7, 11) is 0. The predicted octanol–water partition coefficient (Wildman–Crippen LogP) is 3.71. The van der Waals surface area contributed by atoms with E-state index in [0.29, 0.717) is 35.5 Å². The van der Waals surface area contributed by atoms with Crippen LogP contribution >= 0.6 is 0 Å². The Morgan fingerprint density at radius 3 is 2.41 bits per heavy atom. The van der Waals surface area contributed by atoms with Gasteiger partial charge in [0.2, 0.25) is 0 Å². The van der Waals surface area contributed by atoms with Crippen LogP contribution in [-0.2, 0) is 6.42 Å². The maximum absolute atomic E-state index is 13.3. The highest BCUT2D eigenvalue weighted by Gasteiger charge is 2.29. The molecule has 4 rings (SSSR count). The summed E-state index contributed by atoms with van der Waals surface area (Å²) >= 11 is 0. The topological polar surface area (TPSA) is 103 Å². The molecule has 0 aromatic heterocycles. The molecule has 0 unspecified atom stereocenters. The summed E-state index contributed by atoms with van der Waals surface area (Å²) in [6.45, 7) is 9.40. The molecule has 1 aliphatic heterocycles. The van der Waals surface area contributed by atoms with Gasteiger partial charge >= 0.3 is 0 Å². The van der Waals surface area contributed by atoms with Gasteiger partial charge in [-0.25, -0.2) is 0 Å². The average Bonchev–Trinajstić information content (AvgIpc) is 3.63. The normalized spacial score (nSPS) is 17.0. The van der Waals surface area contributed by atoms with Crippen molar-refractivity contribution in [3.05, 3.63) is 70.9 Å². The standard InChI is InChI=1S/C27H35N5O2/c1-17(16-20-4-8-23(33)9-5-20)30-31-19(3)26-18(2)24(10-11-25(26)28)27(34)32-14-12-22(13-15-32)29-21-6-7-21/h4-5,8-11,21-22,29-30,33H,1,6-7,12-16,28H2,2-3H3/b31-19+. The molecule has 0 atom stereocenters. The highest BCUT2D eigenvalue weighted by atomic mass is 16.3. The van der Waals surface area contributed by atoms with Crippen molar-refractivity contribution in [3.63, 3.8) is 0 Å². The van der Waals surface area contributed by atoms with Crippen LogP contribution in [-0.4, -0.2) is 46.8 Å². The molecule has 1 saturated carbocycles. The number of anilines is 1. The summed E-state index contributed by atoms with van der Waals surface area (Å²) in [4.78, 5) is 15.3. The minimum atomic E-state index is 0.0566. The van der Waals surface area contributed by atoms with E-state index < -0.39 is 0 Å². The number of benzene rings is 2. The highest BCUT2D eigenvalue weighted by molar-refractivity contribution is 6.07. The molecule has 5 N–H and O–H groups in total. The number of allylic oxidation sites excluding steroid dienone is 1. The zero-order valence-electron chi connectivity index (χ0n) is 20.1. The molecule has 180 valence electrons. The van der Waals surface area contributed by atoms with Crippen LogP contribution in [0.5, 0.6) is 5.75 Å². The number of piperidine rings is 1. The molecule has 1 heterocycles. The number of rotatable bonds is 8.